The second-order valence-electron chi connectivity index (χ2n) is 6.07. The topological polar surface area (TPSA) is 79.1 Å². The highest BCUT2D eigenvalue weighted by Crippen LogP contribution is 2.08. The fourth-order valence-corrected chi connectivity index (χ4v) is 3.82. The lowest BCUT2D eigenvalue weighted by atomic mass is 10.1. The molecular weight excluding hydrogens is 320 g/mol. The van der Waals surface area contributed by atoms with E-state index >= 15 is 0 Å². The van der Waals surface area contributed by atoms with Crippen LogP contribution in [0.4, 0.5) is 0 Å². The van der Waals surface area contributed by atoms with E-state index in [1.165, 1.54) is 5.56 Å². The molecule has 0 saturated carbocycles. The third kappa shape index (κ3) is 9.29. The first kappa shape index (κ1) is 21.0. The summed E-state index contributed by atoms with van der Waals surface area (Å²) in [6.45, 7) is 3.14. The van der Waals surface area contributed by atoms with Crippen LogP contribution in [0.15, 0.2) is 24.3 Å². The van der Waals surface area contributed by atoms with E-state index in [4.69, 9.17) is 10.4 Å². The number of aliphatic hydroxyl groups is 1. The lowest BCUT2D eigenvalue weighted by Gasteiger charge is -2.19. The number of aliphatic hydroxyl groups excluding tert-OH is 1. The summed E-state index contributed by atoms with van der Waals surface area (Å²) in [7, 11) is 0. The van der Waals surface area contributed by atoms with Crippen molar-refractivity contribution in [2.75, 3.05) is 24.7 Å². The zero-order valence-corrected chi connectivity index (χ0v) is 15.5. The van der Waals surface area contributed by atoms with Crippen molar-refractivity contribution in [3.8, 4) is 6.07 Å². The molecule has 0 fully saturated rings. The molecule has 5 heteroatoms. The number of aryl methyl sites for hydroxylation is 1. The Labute approximate surface area is 149 Å². The summed E-state index contributed by atoms with van der Waals surface area (Å²) in [6, 6.07) is 10.1. The Bertz CT molecular complexity index is 473. The first-order valence-electron chi connectivity index (χ1n) is 8.87. The van der Waals surface area contributed by atoms with Gasteiger partial charge in [0.25, 0.3) is 0 Å². The second-order valence-corrected chi connectivity index (χ2v) is 7.76. The maximum absolute atomic E-state index is 11.7. The number of nitrogens with one attached hydrogen (secondary N) is 1. The molecule has 24 heavy (non-hydrogen) atoms. The molecule has 0 radical (unpaired) electrons. The fourth-order valence-electron chi connectivity index (χ4n) is 2.61. The van der Waals surface area contributed by atoms with E-state index in [2.05, 4.69) is 18.3 Å². The van der Waals surface area contributed by atoms with Crippen molar-refractivity contribution in [2.24, 2.45) is 0 Å². The molecule has 0 aromatic heterocycles. The lowest BCUT2D eigenvalue weighted by Crippen LogP contribution is -2.33. The third-order valence-corrected chi connectivity index (χ3v) is 5.57. The van der Waals surface area contributed by atoms with E-state index in [0.717, 1.165) is 56.6 Å². The number of nitriles is 1. The molecule has 134 valence electrons. The Balaban J connectivity index is 2.18. The number of hydrogen-bond acceptors (Lipinski definition) is 4. The predicted molar refractivity (Wildman–Crippen MR) is 100 cm³/mol. The van der Waals surface area contributed by atoms with Gasteiger partial charge in [0.1, 0.15) is 11.5 Å². The lowest BCUT2D eigenvalue weighted by molar-refractivity contribution is 0.262. The van der Waals surface area contributed by atoms with E-state index in [-0.39, 0.29) is 12.6 Å². The van der Waals surface area contributed by atoms with Gasteiger partial charge in [-0.3, -0.25) is 0 Å². The van der Waals surface area contributed by atoms with Crippen LogP contribution in [0, 0.1) is 11.3 Å². The van der Waals surface area contributed by atoms with E-state index in [1.54, 1.807) is 0 Å². The van der Waals surface area contributed by atoms with Crippen molar-refractivity contribution >= 4 is 11.2 Å². The summed E-state index contributed by atoms with van der Waals surface area (Å²) < 4.78 is 11.7. The number of benzene rings is 1. The van der Waals surface area contributed by atoms with Crippen LogP contribution in [-0.4, -0.2) is 40.4 Å². The van der Waals surface area contributed by atoms with Gasteiger partial charge < -0.3 is 15.0 Å². The average molecular weight is 351 g/mol. The van der Waals surface area contributed by atoms with Crippen LogP contribution in [0.1, 0.15) is 50.2 Å². The predicted octanol–water partition coefficient (Wildman–Crippen LogP) is 2.77. The molecule has 0 amide bonds. The van der Waals surface area contributed by atoms with Crippen LogP contribution >= 0.6 is 0 Å². The quantitative estimate of drug-likeness (QED) is 0.423. The smallest absolute Gasteiger partial charge is 0.107 e. The van der Waals surface area contributed by atoms with Crippen molar-refractivity contribution in [1.82, 2.24) is 5.32 Å². The molecule has 0 spiro atoms. The van der Waals surface area contributed by atoms with Gasteiger partial charge >= 0.3 is 0 Å². The Morgan fingerprint density at radius 2 is 1.96 bits per heavy atom. The van der Waals surface area contributed by atoms with Crippen LogP contribution in [0.2, 0.25) is 0 Å². The SMILES string of the molecule is CCC[S+]([O-])CCC(CCO)NCCCCc1ccc(C#N)cc1. The van der Waals surface area contributed by atoms with Crippen LogP contribution in [-0.2, 0) is 17.6 Å². The molecule has 1 aromatic carbocycles. The molecular formula is C19H30N2O2S. The first-order chi connectivity index (χ1) is 11.7. The molecule has 0 heterocycles. The van der Waals surface area contributed by atoms with Crippen LogP contribution in [0.25, 0.3) is 0 Å². The Hall–Kier alpha value is -1.06. The highest BCUT2D eigenvalue weighted by atomic mass is 32.2. The first-order valence-corrected chi connectivity index (χ1v) is 10.4. The van der Waals surface area contributed by atoms with Gasteiger partial charge in [0.15, 0.2) is 0 Å². The van der Waals surface area contributed by atoms with Crippen molar-refractivity contribution in [3.05, 3.63) is 35.4 Å². The number of nitrogens with zero attached hydrogens (tertiary/aromatic N) is 1. The minimum Gasteiger partial charge on any atom is -0.616 e. The molecule has 0 saturated heterocycles. The summed E-state index contributed by atoms with van der Waals surface area (Å²) in [5.41, 5.74) is 1.96. The summed E-state index contributed by atoms with van der Waals surface area (Å²) in [5, 5.41) is 21.4. The van der Waals surface area contributed by atoms with E-state index in [0.29, 0.717) is 5.56 Å². The van der Waals surface area contributed by atoms with Gasteiger partial charge in [-0.1, -0.05) is 30.2 Å². The van der Waals surface area contributed by atoms with Gasteiger partial charge in [-0.05, 0) is 56.3 Å². The van der Waals surface area contributed by atoms with E-state index < -0.39 is 11.2 Å². The van der Waals surface area contributed by atoms with Crippen molar-refractivity contribution in [2.45, 2.75) is 51.5 Å². The normalized spacial score (nSPS) is 13.4. The van der Waals surface area contributed by atoms with Crippen LogP contribution in [0.5, 0.6) is 0 Å². The molecule has 4 nitrogen and oxygen atoms in total. The minimum atomic E-state index is -0.725. The molecule has 2 unspecified atom stereocenters. The molecule has 1 rings (SSSR count). The van der Waals surface area contributed by atoms with Gasteiger partial charge in [-0.15, -0.1) is 0 Å². The summed E-state index contributed by atoms with van der Waals surface area (Å²) >= 11 is -0.725. The monoisotopic (exact) mass is 350 g/mol. The number of hydrogen-bond donors (Lipinski definition) is 2. The average Bonchev–Trinajstić information content (AvgIpc) is 2.60. The number of rotatable bonds is 13. The summed E-state index contributed by atoms with van der Waals surface area (Å²) in [5.74, 6) is 1.49. The van der Waals surface area contributed by atoms with Gasteiger partial charge in [0.05, 0.1) is 11.6 Å². The van der Waals surface area contributed by atoms with Crippen molar-refractivity contribution in [1.29, 1.82) is 5.26 Å². The van der Waals surface area contributed by atoms with E-state index in [9.17, 15) is 4.55 Å². The van der Waals surface area contributed by atoms with Gasteiger partial charge in [-0.25, -0.2) is 0 Å². The van der Waals surface area contributed by atoms with Gasteiger partial charge in [0, 0.05) is 19.1 Å². The van der Waals surface area contributed by atoms with Gasteiger partial charge in [-0.2, -0.15) is 5.26 Å². The Morgan fingerprint density at radius 1 is 1.21 bits per heavy atom. The highest BCUT2D eigenvalue weighted by Gasteiger charge is 2.12. The van der Waals surface area contributed by atoms with Crippen LogP contribution < -0.4 is 5.32 Å². The minimum absolute atomic E-state index is 0.170. The van der Waals surface area contributed by atoms with E-state index in [1.807, 2.05) is 24.3 Å². The zero-order chi connectivity index (χ0) is 17.6. The molecule has 0 aliphatic carbocycles. The maximum Gasteiger partial charge on any atom is 0.107 e. The maximum atomic E-state index is 11.7. The van der Waals surface area contributed by atoms with Crippen molar-refractivity contribution in [3.63, 3.8) is 0 Å². The molecule has 2 atom stereocenters. The molecule has 0 aliphatic heterocycles. The summed E-state index contributed by atoms with van der Waals surface area (Å²) in [6.07, 6.45) is 5.72. The fraction of sp³-hybridized carbons (Fsp3) is 0.632. The standard InChI is InChI=1S/C19H30N2O2S/c1-2-14-24(23)15-11-19(10-13-22)21-12-4-3-5-17-6-8-18(16-20)9-7-17/h6-9,19,21-22H,2-5,10-15H2,1H3. The number of unbranched alkanes of at least 4 members (excludes halogenated alkanes) is 1. The zero-order valence-electron chi connectivity index (χ0n) is 14.7. The summed E-state index contributed by atoms with van der Waals surface area (Å²) in [4.78, 5) is 0. The highest BCUT2D eigenvalue weighted by molar-refractivity contribution is 7.91. The third-order valence-electron chi connectivity index (χ3n) is 4.01. The molecule has 0 aliphatic rings. The Kier molecular flexibility index (Phi) is 11.6. The Morgan fingerprint density at radius 3 is 2.58 bits per heavy atom. The molecule has 2 N–H and O–H groups in total. The largest absolute Gasteiger partial charge is 0.616 e. The molecule has 1 aromatic rings. The second kappa shape index (κ2) is 13.3. The van der Waals surface area contributed by atoms with Gasteiger partial charge in [0.2, 0.25) is 0 Å². The van der Waals surface area contributed by atoms with Crippen LogP contribution in [0.3, 0.4) is 0 Å². The molecule has 0 bridgehead atoms. The van der Waals surface area contributed by atoms with Crippen molar-refractivity contribution < 1.29 is 9.66 Å².